The highest BCUT2D eigenvalue weighted by Crippen LogP contribution is 2.28. The molecule has 0 saturated carbocycles. The Morgan fingerprint density at radius 2 is 1.96 bits per heavy atom. The van der Waals surface area contributed by atoms with Crippen LogP contribution in [0.3, 0.4) is 0 Å². The first-order chi connectivity index (χ1) is 12.8. The fourth-order valence-electron chi connectivity index (χ4n) is 2.42. The van der Waals surface area contributed by atoms with E-state index in [0.29, 0.717) is 17.7 Å². The van der Waals surface area contributed by atoms with E-state index in [1.165, 1.54) is 17.3 Å². The molecule has 1 N–H and O–H groups in total. The SMILES string of the molecule is CC(Sc1nnc(-c2ccc(C(C)(C)C)cc2)o1)C(=O)NCc1cccs1. The molecule has 0 aliphatic heterocycles. The number of thioether (sulfide) groups is 1. The summed E-state index contributed by atoms with van der Waals surface area (Å²) in [5.74, 6) is 0.409. The molecule has 1 aromatic carbocycles. The topological polar surface area (TPSA) is 68.0 Å². The van der Waals surface area contributed by atoms with Crippen molar-refractivity contribution in [1.82, 2.24) is 15.5 Å². The average Bonchev–Trinajstić information content (AvgIpc) is 3.31. The maximum absolute atomic E-state index is 12.2. The minimum atomic E-state index is -0.318. The summed E-state index contributed by atoms with van der Waals surface area (Å²) in [5, 5.41) is 13.2. The molecule has 0 fully saturated rings. The molecule has 27 heavy (non-hydrogen) atoms. The van der Waals surface area contributed by atoms with Gasteiger partial charge in [-0.1, -0.05) is 50.7 Å². The molecule has 0 spiro atoms. The third kappa shape index (κ3) is 5.20. The fourth-order valence-corrected chi connectivity index (χ4v) is 3.78. The highest BCUT2D eigenvalue weighted by Gasteiger charge is 2.19. The van der Waals surface area contributed by atoms with Gasteiger partial charge in [0.2, 0.25) is 11.8 Å². The van der Waals surface area contributed by atoms with E-state index < -0.39 is 0 Å². The van der Waals surface area contributed by atoms with Gasteiger partial charge in [-0.05, 0) is 41.5 Å². The molecule has 0 bridgehead atoms. The number of nitrogens with one attached hydrogen (secondary N) is 1. The zero-order valence-corrected chi connectivity index (χ0v) is 17.5. The van der Waals surface area contributed by atoms with Crippen molar-refractivity contribution in [3.8, 4) is 11.5 Å². The lowest BCUT2D eigenvalue weighted by atomic mass is 9.87. The van der Waals surface area contributed by atoms with Crippen molar-refractivity contribution in [3.05, 3.63) is 52.2 Å². The van der Waals surface area contributed by atoms with Gasteiger partial charge >= 0.3 is 0 Å². The number of carbonyl (C=O) groups is 1. The number of thiophene rings is 1. The molecule has 142 valence electrons. The molecule has 1 amide bonds. The molecule has 0 aliphatic rings. The molecule has 2 aromatic heterocycles. The molecule has 0 saturated heterocycles. The van der Waals surface area contributed by atoms with Crippen molar-refractivity contribution >= 4 is 29.0 Å². The number of benzene rings is 1. The third-order valence-electron chi connectivity index (χ3n) is 4.07. The van der Waals surface area contributed by atoms with Gasteiger partial charge in [0.15, 0.2) is 0 Å². The molecular weight excluding hydrogens is 378 g/mol. The number of aromatic nitrogens is 2. The molecule has 0 aliphatic carbocycles. The quantitative estimate of drug-likeness (QED) is 0.596. The Hall–Kier alpha value is -2.12. The van der Waals surface area contributed by atoms with Crippen LogP contribution in [0.15, 0.2) is 51.4 Å². The summed E-state index contributed by atoms with van der Waals surface area (Å²) >= 11 is 2.88. The zero-order chi connectivity index (χ0) is 19.4. The summed E-state index contributed by atoms with van der Waals surface area (Å²) in [6, 6.07) is 12.1. The fraction of sp³-hybridized carbons (Fsp3) is 0.350. The van der Waals surface area contributed by atoms with Crippen molar-refractivity contribution in [2.24, 2.45) is 0 Å². The van der Waals surface area contributed by atoms with Gasteiger partial charge in [0, 0.05) is 10.4 Å². The predicted octanol–water partition coefficient (Wildman–Crippen LogP) is 4.89. The number of amides is 1. The van der Waals surface area contributed by atoms with E-state index in [1.807, 2.05) is 36.6 Å². The maximum atomic E-state index is 12.2. The summed E-state index contributed by atoms with van der Waals surface area (Å²) in [6.07, 6.45) is 0. The van der Waals surface area contributed by atoms with Crippen LogP contribution >= 0.6 is 23.1 Å². The highest BCUT2D eigenvalue weighted by atomic mass is 32.2. The minimum absolute atomic E-state index is 0.0531. The van der Waals surface area contributed by atoms with Crippen LogP contribution in [0.1, 0.15) is 38.1 Å². The van der Waals surface area contributed by atoms with Crippen LogP contribution in [0.5, 0.6) is 0 Å². The van der Waals surface area contributed by atoms with Crippen molar-refractivity contribution in [1.29, 1.82) is 0 Å². The molecule has 3 aromatic rings. The van der Waals surface area contributed by atoms with Crippen LogP contribution in [0, 0.1) is 0 Å². The molecule has 0 radical (unpaired) electrons. The van der Waals surface area contributed by atoms with E-state index in [4.69, 9.17) is 4.42 Å². The molecule has 1 unspecified atom stereocenters. The van der Waals surface area contributed by atoms with Gasteiger partial charge in [-0.15, -0.1) is 21.5 Å². The Kier molecular flexibility index (Phi) is 6.01. The smallest absolute Gasteiger partial charge is 0.277 e. The Morgan fingerprint density at radius 1 is 1.22 bits per heavy atom. The molecule has 7 heteroatoms. The molecule has 5 nitrogen and oxygen atoms in total. The van der Waals surface area contributed by atoms with Crippen LogP contribution in [-0.4, -0.2) is 21.4 Å². The standard InChI is InChI=1S/C20H23N3O2S2/c1-13(17(24)21-12-16-6-5-11-26-16)27-19-23-22-18(25-19)14-7-9-15(10-8-14)20(2,3)4/h5-11,13H,12H2,1-4H3,(H,21,24). The van der Waals surface area contributed by atoms with Gasteiger partial charge in [-0.25, -0.2) is 0 Å². The molecule has 2 heterocycles. The van der Waals surface area contributed by atoms with Gasteiger partial charge < -0.3 is 9.73 Å². The van der Waals surface area contributed by atoms with Gasteiger partial charge in [0.25, 0.3) is 5.22 Å². The van der Waals surface area contributed by atoms with E-state index in [2.05, 4.69) is 48.4 Å². The maximum Gasteiger partial charge on any atom is 0.277 e. The van der Waals surface area contributed by atoms with E-state index in [1.54, 1.807) is 11.3 Å². The monoisotopic (exact) mass is 401 g/mol. The minimum Gasteiger partial charge on any atom is -0.411 e. The van der Waals surface area contributed by atoms with Crippen molar-refractivity contribution in [3.63, 3.8) is 0 Å². The van der Waals surface area contributed by atoms with E-state index in [9.17, 15) is 4.79 Å². The van der Waals surface area contributed by atoms with Crippen molar-refractivity contribution in [2.45, 2.75) is 50.1 Å². The van der Waals surface area contributed by atoms with Crippen LogP contribution in [0.25, 0.3) is 11.5 Å². The number of rotatable bonds is 6. The third-order valence-corrected chi connectivity index (χ3v) is 5.88. The lowest BCUT2D eigenvalue weighted by Gasteiger charge is -2.18. The summed E-state index contributed by atoms with van der Waals surface area (Å²) in [6.45, 7) is 8.89. The van der Waals surface area contributed by atoms with Crippen LogP contribution in [0.2, 0.25) is 0 Å². The second-order valence-electron chi connectivity index (χ2n) is 7.26. The van der Waals surface area contributed by atoms with Gasteiger partial charge in [-0.3, -0.25) is 4.79 Å². The predicted molar refractivity (Wildman–Crippen MR) is 110 cm³/mol. The Morgan fingerprint density at radius 3 is 2.59 bits per heavy atom. The number of hydrogen-bond acceptors (Lipinski definition) is 6. The highest BCUT2D eigenvalue weighted by molar-refractivity contribution is 8.00. The van der Waals surface area contributed by atoms with Gasteiger partial charge in [0.05, 0.1) is 11.8 Å². The van der Waals surface area contributed by atoms with E-state index in [0.717, 1.165) is 10.4 Å². The Bertz CT molecular complexity index is 881. The normalized spacial score (nSPS) is 12.7. The van der Waals surface area contributed by atoms with Crippen LogP contribution < -0.4 is 5.32 Å². The lowest BCUT2D eigenvalue weighted by Crippen LogP contribution is -2.30. The van der Waals surface area contributed by atoms with E-state index in [-0.39, 0.29) is 16.6 Å². The molecule has 3 rings (SSSR count). The van der Waals surface area contributed by atoms with E-state index >= 15 is 0 Å². The summed E-state index contributed by atoms with van der Waals surface area (Å²) < 4.78 is 5.73. The number of carbonyl (C=O) groups excluding carboxylic acids is 1. The van der Waals surface area contributed by atoms with Crippen LogP contribution in [0.4, 0.5) is 0 Å². The first-order valence-corrected chi connectivity index (χ1v) is 10.5. The summed E-state index contributed by atoms with van der Waals surface area (Å²) in [5.41, 5.74) is 2.22. The van der Waals surface area contributed by atoms with Crippen LogP contribution in [-0.2, 0) is 16.8 Å². The first kappa shape index (κ1) is 19.6. The van der Waals surface area contributed by atoms with Crippen molar-refractivity contribution in [2.75, 3.05) is 0 Å². The first-order valence-electron chi connectivity index (χ1n) is 8.74. The molecule has 1 atom stereocenters. The Labute approximate surface area is 167 Å². The summed E-state index contributed by atoms with van der Waals surface area (Å²) in [4.78, 5) is 13.4. The Balaban J connectivity index is 1.59. The number of hydrogen-bond donors (Lipinski definition) is 1. The van der Waals surface area contributed by atoms with Gasteiger partial charge in [0.1, 0.15) is 0 Å². The second kappa shape index (κ2) is 8.27. The lowest BCUT2D eigenvalue weighted by molar-refractivity contribution is -0.120. The van der Waals surface area contributed by atoms with Gasteiger partial charge in [-0.2, -0.15) is 0 Å². The average molecular weight is 402 g/mol. The number of nitrogens with zero attached hydrogens (tertiary/aromatic N) is 2. The van der Waals surface area contributed by atoms with Crippen molar-refractivity contribution < 1.29 is 9.21 Å². The zero-order valence-electron chi connectivity index (χ0n) is 15.9. The largest absolute Gasteiger partial charge is 0.411 e. The second-order valence-corrected chi connectivity index (χ2v) is 9.58. The summed E-state index contributed by atoms with van der Waals surface area (Å²) in [7, 11) is 0. The molecular formula is C20H23N3O2S2.